The predicted molar refractivity (Wildman–Crippen MR) is 95.1 cm³/mol. The lowest BCUT2D eigenvalue weighted by atomic mass is 9.85. The zero-order valence-electron chi connectivity index (χ0n) is 13.9. The Morgan fingerprint density at radius 1 is 1.20 bits per heavy atom. The van der Waals surface area contributed by atoms with E-state index >= 15 is 0 Å². The number of nitrogens with one attached hydrogen (secondary N) is 2. The molecule has 4 rings (SSSR count). The van der Waals surface area contributed by atoms with E-state index in [1.165, 1.54) is 6.42 Å². The molecule has 0 unspecified atom stereocenters. The topological polar surface area (TPSA) is 91.5 Å². The number of nitrogens with zero attached hydrogens (tertiary/aromatic N) is 3. The van der Waals surface area contributed by atoms with Crippen molar-refractivity contribution in [1.82, 2.24) is 14.6 Å². The van der Waals surface area contributed by atoms with Crippen molar-refractivity contribution in [2.24, 2.45) is 0 Å². The van der Waals surface area contributed by atoms with Gasteiger partial charge in [0.25, 0.3) is 0 Å². The maximum absolute atomic E-state index is 12.3. The van der Waals surface area contributed by atoms with Crippen LogP contribution in [0.4, 0.5) is 16.2 Å². The quantitative estimate of drug-likeness (QED) is 0.636. The van der Waals surface area contributed by atoms with Crippen LogP contribution in [0.25, 0.3) is 5.65 Å². The number of pyridine rings is 1. The van der Waals surface area contributed by atoms with Crippen molar-refractivity contribution in [3.05, 3.63) is 47.9 Å². The minimum atomic E-state index is -0.442. The van der Waals surface area contributed by atoms with Crippen LogP contribution in [0, 0.1) is 6.92 Å². The Hall–Kier alpha value is -3.09. The number of rotatable bonds is 3. The second kappa shape index (κ2) is 6.08. The van der Waals surface area contributed by atoms with Crippen LogP contribution in [0.2, 0.25) is 0 Å². The summed E-state index contributed by atoms with van der Waals surface area (Å²) in [4.78, 5) is 12.3. The van der Waals surface area contributed by atoms with Crippen LogP contribution in [0.1, 0.15) is 36.6 Å². The maximum atomic E-state index is 12.3. The van der Waals surface area contributed by atoms with E-state index in [0.29, 0.717) is 22.9 Å². The number of hydrogen-bond acceptors (Lipinski definition) is 4. The zero-order chi connectivity index (χ0) is 17.4. The molecule has 2 heterocycles. The summed E-state index contributed by atoms with van der Waals surface area (Å²) in [5, 5.41) is 23.8. The summed E-state index contributed by atoms with van der Waals surface area (Å²) in [5.41, 5.74) is 2.50. The van der Waals surface area contributed by atoms with Gasteiger partial charge in [-0.1, -0.05) is 12.5 Å². The van der Waals surface area contributed by atoms with Gasteiger partial charge in [-0.15, -0.1) is 10.2 Å². The van der Waals surface area contributed by atoms with Crippen LogP contribution in [-0.4, -0.2) is 25.7 Å². The first-order chi connectivity index (χ1) is 12.1. The Morgan fingerprint density at radius 2 is 2.00 bits per heavy atom. The SMILES string of the molecule is Cc1ccc(O)c(NC(=O)Nc2cccn3c(C4CCC4)nnc23)c1. The Bertz CT molecular complexity index is 946. The molecule has 2 amide bonds. The first-order valence-electron chi connectivity index (χ1n) is 8.33. The number of hydrogen-bond donors (Lipinski definition) is 3. The predicted octanol–water partition coefficient (Wildman–Crippen LogP) is 3.65. The lowest BCUT2D eigenvalue weighted by Gasteiger charge is -2.23. The van der Waals surface area contributed by atoms with Gasteiger partial charge in [0, 0.05) is 12.1 Å². The summed E-state index contributed by atoms with van der Waals surface area (Å²) in [7, 11) is 0. The van der Waals surface area contributed by atoms with Crippen LogP contribution in [0.3, 0.4) is 0 Å². The van der Waals surface area contributed by atoms with Crippen LogP contribution < -0.4 is 10.6 Å². The minimum Gasteiger partial charge on any atom is -0.506 e. The molecular formula is C18H19N5O2. The summed E-state index contributed by atoms with van der Waals surface area (Å²) >= 11 is 0. The fraction of sp³-hybridized carbons (Fsp3) is 0.278. The standard InChI is InChI=1S/C18H19N5O2/c1-11-7-8-15(24)14(10-11)20-18(25)19-13-6-3-9-23-16(12-4-2-5-12)21-22-17(13)23/h3,6-10,12,24H,2,4-5H2,1H3,(H2,19,20,25). The molecule has 3 N–H and O–H groups in total. The second-order valence-electron chi connectivity index (χ2n) is 6.40. The highest BCUT2D eigenvalue weighted by atomic mass is 16.3. The largest absolute Gasteiger partial charge is 0.506 e. The van der Waals surface area contributed by atoms with Crippen molar-refractivity contribution in [3.8, 4) is 5.75 Å². The molecule has 25 heavy (non-hydrogen) atoms. The van der Waals surface area contributed by atoms with Crippen molar-refractivity contribution in [3.63, 3.8) is 0 Å². The molecule has 0 bridgehead atoms. The highest BCUT2D eigenvalue weighted by molar-refractivity contribution is 6.02. The Morgan fingerprint density at radius 3 is 2.76 bits per heavy atom. The molecular weight excluding hydrogens is 318 g/mol. The molecule has 3 aromatic rings. The summed E-state index contributed by atoms with van der Waals surface area (Å²) < 4.78 is 1.93. The van der Waals surface area contributed by atoms with E-state index in [0.717, 1.165) is 24.2 Å². The lowest BCUT2D eigenvalue weighted by molar-refractivity contribution is 0.262. The van der Waals surface area contributed by atoms with Gasteiger partial charge in [0.1, 0.15) is 11.6 Å². The number of carbonyl (C=O) groups is 1. The van der Waals surface area contributed by atoms with E-state index in [2.05, 4.69) is 20.8 Å². The molecule has 0 aliphatic heterocycles. The third-order valence-electron chi connectivity index (χ3n) is 4.58. The molecule has 1 fully saturated rings. The van der Waals surface area contributed by atoms with Crippen LogP contribution in [0.15, 0.2) is 36.5 Å². The Kier molecular flexibility index (Phi) is 3.76. The van der Waals surface area contributed by atoms with Gasteiger partial charge in [0.05, 0.1) is 11.4 Å². The molecule has 1 aliphatic rings. The number of aryl methyl sites for hydroxylation is 1. The van der Waals surface area contributed by atoms with E-state index in [1.54, 1.807) is 24.3 Å². The number of phenols is 1. The van der Waals surface area contributed by atoms with E-state index in [4.69, 9.17) is 0 Å². The van der Waals surface area contributed by atoms with Crippen molar-refractivity contribution < 1.29 is 9.90 Å². The number of carbonyl (C=O) groups excluding carboxylic acids is 1. The maximum Gasteiger partial charge on any atom is 0.323 e. The molecule has 1 aliphatic carbocycles. The molecule has 1 saturated carbocycles. The molecule has 2 aromatic heterocycles. The number of benzene rings is 1. The number of aromatic hydroxyl groups is 1. The molecule has 0 atom stereocenters. The van der Waals surface area contributed by atoms with E-state index in [1.807, 2.05) is 23.6 Å². The fourth-order valence-electron chi connectivity index (χ4n) is 3.00. The number of urea groups is 1. The van der Waals surface area contributed by atoms with Crippen LogP contribution >= 0.6 is 0 Å². The van der Waals surface area contributed by atoms with Crippen LogP contribution in [-0.2, 0) is 0 Å². The first-order valence-corrected chi connectivity index (χ1v) is 8.33. The normalized spacial score (nSPS) is 14.3. The first kappa shape index (κ1) is 15.4. The smallest absolute Gasteiger partial charge is 0.323 e. The fourth-order valence-corrected chi connectivity index (χ4v) is 3.00. The second-order valence-corrected chi connectivity index (χ2v) is 6.40. The van der Waals surface area contributed by atoms with Crippen molar-refractivity contribution in [2.45, 2.75) is 32.1 Å². The molecule has 7 nitrogen and oxygen atoms in total. The van der Waals surface area contributed by atoms with Gasteiger partial charge < -0.3 is 15.7 Å². The summed E-state index contributed by atoms with van der Waals surface area (Å²) in [6.07, 6.45) is 5.40. The van der Waals surface area contributed by atoms with Crippen molar-refractivity contribution >= 4 is 23.1 Å². The van der Waals surface area contributed by atoms with Crippen molar-refractivity contribution in [1.29, 1.82) is 0 Å². The molecule has 7 heteroatoms. The number of aromatic nitrogens is 3. The zero-order valence-corrected chi connectivity index (χ0v) is 13.9. The van der Waals surface area contributed by atoms with Gasteiger partial charge in [0.15, 0.2) is 5.65 Å². The van der Waals surface area contributed by atoms with Crippen molar-refractivity contribution in [2.75, 3.05) is 10.6 Å². The third-order valence-corrected chi connectivity index (χ3v) is 4.58. The van der Waals surface area contributed by atoms with Gasteiger partial charge in [0.2, 0.25) is 0 Å². The molecule has 128 valence electrons. The highest BCUT2D eigenvalue weighted by Crippen LogP contribution is 2.35. The summed E-state index contributed by atoms with van der Waals surface area (Å²) in [6.45, 7) is 1.89. The average Bonchev–Trinajstić information content (AvgIpc) is 2.94. The average molecular weight is 337 g/mol. The van der Waals surface area contributed by atoms with E-state index < -0.39 is 6.03 Å². The van der Waals surface area contributed by atoms with Gasteiger partial charge in [-0.05, 0) is 49.6 Å². The van der Waals surface area contributed by atoms with Gasteiger partial charge in [-0.2, -0.15) is 0 Å². The van der Waals surface area contributed by atoms with Crippen LogP contribution in [0.5, 0.6) is 5.75 Å². The highest BCUT2D eigenvalue weighted by Gasteiger charge is 2.25. The molecule has 0 radical (unpaired) electrons. The van der Waals surface area contributed by atoms with E-state index in [9.17, 15) is 9.90 Å². The van der Waals surface area contributed by atoms with E-state index in [-0.39, 0.29) is 5.75 Å². The van der Waals surface area contributed by atoms with Gasteiger partial charge >= 0.3 is 6.03 Å². The number of fused-ring (bicyclic) bond motifs is 1. The number of amides is 2. The summed E-state index contributed by atoms with van der Waals surface area (Å²) in [6, 6.07) is 8.23. The Labute approximate surface area is 144 Å². The number of anilines is 2. The third kappa shape index (κ3) is 2.88. The van der Waals surface area contributed by atoms with Gasteiger partial charge in [-0.3, -0.25) is 4.40 Å². The van der Waals surface area contributed by atoms with Gasteiger partial charge in [-0.25, -0.2) is 4.79 Å². The Balaban J connectivity index is 1.57. The summed E-state index contributed by atoms with van der Waals surface area (Å²) in [5.74, 6) is 1.42. The minimum absolute atomic E-state index is 0.0220. The monoisotopic (exact) mass is 337 g/mol. The molecule has 0 saturated heterocycles. The number of phenolic OH excluding ortho intramolecular Hbond substituents is 1. The lowest BCUT2D eigenvalue weighted by Crippen LogP contribution is -2.20. The molecule has 1 aromatic carbocycles. The molecule has 0 spiro atoms.